The Balaban J connectivity index is 2.26. The smallest absolute Gasteiger partial charge is 0.150 e. The quantitative estimate of drug-likeness (QED) is 0.929. The molecule has 2 unspecified atom stereocenters. The molecule has 1 N–H and O–H groups in total. The van der Waals surface area contributed by atoms with Crippen molar-refractivity contribution in [2.24, 2.45) is 5.92 Å². The molecule has 0 amide bonds. The molecule has 0 bridgehead atoms. The Morgan fingerprint density at radius 2 is 2.12 bits per heavy atom. The number of halogens is 1. The van der Waals surface area contributed by atoms with Gasteiger partial charge in [-0.05, 0) is 31.0 Å². The maximum absolute atomic E-state index is 11.5. The summed E-state index contributed by atoms with van der Waals surface area (Å²) in [5.74, 6) is 0.781. The van der Waals surface area contributed by atoms with Gasteiger partial charge in [0, 0.05) is 10.5 Å². The van der Waals surface area contributed by atoms with Gasteiger partial charge in [-0.1, -0.05) is 34.1 Å². The number of rotatable bonds is 3. The molecular formula is C12H16BrNO2S. The highest BCUT2D eigenvalue weighted by Gasteiger charge is 2.34. The molecule has 0 saturated carbocycles. The lowest BCUT2D eigenvalue weighted by Crippen LogP contribution is -2.26. The van der Waals surface area contributed by atoms with Crippen LogP contribution < -0.4 is 5.32 Å². The Kier molecular flexibility index (Phi) is 3.90. The average Bonchev–Trinajstić information content (AvgIpc) is 2.63. The molecule has 1 aliphatic rings. The van der Waals surface area contributed by atoms with Crippen molar-refractivity contribution in [3.05, 3.63) is 34.3 Å². The van der Waals surface area contributed by atoms with Crippen LogP contribution in [0, 0.1) is 5.92 Å². The summed E-state index contributed by atoms with van der Waals surface area (Å²) in [5.41, 5.74) is 1.14. The first-order valence-corrected chi connectivity index (χ1v) is 8.27. The summed E-state index contributed by atoms with van der Waals surface area (Å²) >= 11 is 3.52. The second-order valence-corrected chi connectivity index (χ2v) is 7.53. The van der Waals surface area contributed by atoms with E-state index in [1.165, 1.54) is 0 Å². The van der Waals surface area contributed by atoms with Gasteiger partial charge < -0.3 is 5.32 Å². The third kappa shape index (κ3) is 2.89. The van der Waals surface area contributed by atoms with Crippen molar-refractivity contribution in [1.82, 2.24) is 5.32 Å². The maximum Gasteiger partial charge on any atom is 0.150 e. The second-order valence-electron chi connectivity index (χ2n) is 4.45. The van der Waals surface area contributed by atoms with Crippen molar-refractivity contribution in [3.63, 3.8) is 0 Å². The van der Waals surface area contributed by atoms with Gasteiger partial charge in [-0.25, -0.2) is 8.42 Å². The number of nitrogens with one attached hydrogen (secondary N) is 1. The molecule has 2 rings (SSSR count). The predicted octanol–water partition coefficient (Wildman–Crippen LogP) is 2.14. The van der Waals surface area contributed by atoms with Crippen molar-refractivity contribution in [1.29, 1.82) is 0 Å². The van der Waals surface area contributed by atoms with Crippen LogP contribution in [0.25, 0.3) is 0 Å². The van der Waals surface area contributed by atoms with E-state index in [2.05, 4.69) is 21.2 Å². The molecule has 0 aromatic heterocycles. The second kappa shape index (κ2) is 5.08. The number of hydrogen-bond acceptors (Lipinski definition) is 3. The van der Waals surface area contributed by atoms with Gasteiger partial charge in [0.25, 0.3) is 0 Å². The number of hydrogen-bond donors (Lipinski definition) is 1. The lowest BCUT2D eigenvalue weighted by molar-refractivity contribution is 0.417. The Hall–Kier alpha value is -0.390. The monoisotopic (exact) mass is 317 g/mol. The zero-order valence-corrected chi connectivity index (χ0v) is 12.1. The van der Waals surface area contributed by atoms with Gasteiger partial charge >= 0.3 is 0 Å². The van der Waals surface area contributed by atoms with Crippen LogP contribution >= 0.6 is 15.9 Å². The highest BCUT2D eigenvalue weighted by molar-refractivity contribution is 9.10. The summed E-state index contributed by atoms with van der Waals surface area (Å²) in [6.45, 7) is 0. The molecule has 17 heavy (non-hydrogen) atoms. The van der Waals surface area contributed by atoms with Crippen molar-refractivity contribution in [3.8, 4) is 0 Å². The van der Waals surface area contributed by atoms with Crippen LogP contribution in [0.1, 0.15) is 18.0 Å². The summed E-state index contributed by atoms with van der Waals surface area (Å²) in [4.78, 5) is 0. The molecule has 2 atom stereocenters. The van der Waals surface area contributed by atoms with Crippen LogP contribution in [-0.2, 0) is 9.84 Å². The van der Waals surface area contributed by atoms with Gasteiger partial charge in [0.1, 0.15) is 0 Å². The molecule has 1 saturated heterocycles. The van der Waals surface area contributed by atoms with E-state index in [1.807, 2.05) is 31.3 Å². The van der Waals surface area contributed by atoms with E-state index < -0.39 is 9.84 Å². The Morgan fingerprint density at radius 1 is 1.41 bits per heavy atom. The third-order valence-corrected chi connectivity index (χ3v) is 5.81. The summed E-state index contributed by atoms with van der Waals surface area (Å²) in [6.07, 6.45) is 0.745. The predicted molar refractivity (Wildman–Crippen MR) is 72.7 cm³/mol. The highest BCUT2D eigenvalue weighted by Crippen LogP contribution is 2.34. The van der Waals surface area contributed by atoms with Gasteiger partial charge in [0.15, 0.2) is 9.84 Å². The molecule has 1 heterocycles. The van der Waals surface area contributed by atoms with Gasteiger partial charge in [-0.15, -0.1) is 0 Å². The molecule has 1 aromatic rings. The van der Waals surface area contributed by atoms with Crippen molar-refractivity contribution in [2.75, 3.05) is 18.6 Å². The fourth-order valence-corrected chi connectivity index (χ4v) is 4.83. The van der Waals surface area contributed by atoms with Crippen molar-refractivity contribution in [2.45, 2.75) is 12.5 Å². The van der Waals surface area contributed by atoms with E-state index >= 15 is 0 Å². The van der Waals surface area contributed by atoms with E-state index in [-0.39, 0.29) is 12.0 Å². The summed E-state index contributed by atoms with van der Waals surface area (Å²) < 4.78 is 24.1. The van der Waals surface area contributed by atoms with E-state index in [0.717, 1.165) is 16.5 Å². The lowest BCUT2D eigenvalue weighted by Gasteiger charge is -2.23. The van der Waals surface area contributed by atoms with E-state index in [4.69, 9.17) is 0 Å². The minimum Gasteiger partial charge on any atom is -0.313 e. The van der Waals surface area contributed by atoms with Crippen LogP contribution in [0.4, 0.5) is 0 Å². The van der Waals surface area contributed by atoms with Gasteiger partial charge in [0.2, 0.25) is 0 Å². The van der Waals surface area contributed by atoms with E-state index in [1.54, 1.807) is 0 Å². The summed E-state index contributed by atoms with van der Waals surface area (Å²) in [6, 6.07) is 8.07. The molecule has 94 valence electrons. The zero-order chi connectivity index (χ0) is 12.5. The topological polar surface area (TPSA) is 46.2 Å². The van der Waals surface area contributed by atoms with Crippen LogP contribution in [0.5, 0.6) is 0 Å². The van der Waals surface area contributed by atoms with Crippen LogP contribution in [0.3, 0.4) is 0 Å². The molecule has 3 nitrogen and oxygen atoms in total. The summed E-state index contributed by atoms with van der Waals surface area (Å²) in [5, 5.41) is 3.24. The van der Waals surface area contributed by atoms with Gasteiger partial charge in [0.05, 0.1) is 11.5 Å². The lowest BCUT2D eigenvalue weighted by atomic mass is 9.93. The Labute approximate surface area is 111 Å². The first-order chi connectivity index (χ1) is 8.03. The van der Waals surface area contributed by atoms with Crippen LogP contribution in [0.2, 0.25) is 0 Å². The Bertz CT molecular complexity index is 501. The molecular weight excluding hydrogens is 302 g/mol. The third-order valence-electron chi connectivity index (χ3n) is 3.29. The fraction of sp³-hybridized carbons (Fsp3) is 0.500. The van der Waals surface area contributed by atoms with E-state index in [0.29, 0.717) is 11.5 Å². The normalized spacial score (nSPS) is 24.7. The minimum absolute atomic E-state index is 0.0999. The molecule has 1 aliphatic heterocycles. The first kappa shape index (κ1) is 13.1. The fourth-order valence-electron chi connectivity index (χ4n) is 2.46. The van der Waals surface area contributed by atoms with Gasteiger partial charge in [-0.2, -0.15) is 0 Å². The number of sulfone groups is 1. The van der Waals surface area contributed by atoms with E-state index in [9.17, 15) is 8.42 Å². The molecule has 0 aliphatic carbocycles. The SMILES string of the molecule is CNC(c1ccccc1Br)C1CCS(=O)(=O)C1. The highest BCUT2D eigenvalue weighted by atomic mass is 79.9. The van der Waals surface area contributed by atoms with Crippen molar-refractivity contribution >= 4 is 25.8 Å². The zero-order valence-electron chi connectivity index (χ0n) is 9.69. The molecule has 0 radical (unpaired) electrons. The van der Waals surface area contributed by atoms with Crippen LogP contribution in [0.15, 0.2) is 28.7 Å². The Morgan fingerprint density at radius 3 is 2.65 bits per heavy atom. The number of benzene rings is 1. The van der Waals surface area contributed by atoms with Crippen LogP contribution in [-0.4, -0.2) is 27.0 Å². The average molecular weight is 318 g/mol. The molecule has 0 spiro atoms. The molecule has 1 fully saturated rings. The van der Waals surface area contributed by atoms with Gasteiger partial charge in [-0.3, -0.25) is 0 Å². The minimum atomic E-state index is -2.83. The molecule has 5 heteroatoms. The standard InChI is InChI=1S/C12H16BrNO2S/c1-14-12(9-6-7-17(15,16)8-9)10-4-2-3-5-11(10)13/h2-5,9,12,14H,6-8H2,1H3. The first-order valence-electron chi connectivity index (χ1n) is 5.65. The largest absolute Gasteiger partial charge is 0.313 e. The molecule has 1 aromatic carbocycles. The maximum atomic E-state index is 11.5. The van der Waals surface area contributed by atoms with Crippen molar-refractivity contribution < 1.29 is 8.42 Å². The summed E-state index contributed by atoms with van der Waals surface area (Å²) in [7, 11) is -0.943.